The molecule has 1 fully saturated rings. The molecule has 2 aromatic rings. The normalized spacial score (nSPS) is 15.5. The smallest absolute Gasteiger partial charge is 0.326 e. The summed E-state index contributed by atoms with van der Waals surface area (Å²) in [6.45, 7) is 4.70. The van der Waals surface area contributed by atoms with Gasteiger partial charge in [0.25, 0.3) is 5.91 Å². The van der Waals surface area contributed by atoms with E-state index in [9.17, 15) is 13.2 Å². The minimum absolute atomic E-state index is 0.274. The number of benzene rings is 2. The zero-order valence-corrected chi connectivity index (χ0v) is 16.7. The molecule has 28 heavy (non-hydrogen) atoms. The molecule has 0 atom stereocenters. The number of rotatable bonds is 8. The zero-order chi connectivity index (χ0) is 20.1. The Kier molecular flexibility index (Phi) is 6.08. The van der Waals surface area contributed by atoms with Crippen molar-refractivity contribution in [1.82, 2.24) is 4.72 Å². The summed E-state index contributed by atoms with van der Waals surface area (Å²) in [5.41, 5.74) is 1.22. The van der Waals surface area contributed by atoms with Gasteiger partial charge < -0.3 is 9.47 Å². The van der Waals surface area contributed by atoms with Gasteiger partial charge in [-0.25, -0.2) is 9.03 Å². The van der Waals surface area contributed by atoms with Crippen molar-refractivity contribution in [1.29, 1.82) is 0 Å². The monoisotopic (exact) mass is 404 g/mol. The largest absolute Gasteiger partial charge is 0.494 e. The first kappa shape index (κ1) is 20.0. The number of carbonyl (C=O) groups is 1. The van der Waals surface area contributed by atoms with Gasteiger partial charge in [0.1, 0.15) is 24.7 Å². The van der Waals surface area contributed by atoms with Gasteiger partial charge in [-0.2, -0.15) is 8.42 Å². The molecule has 7 nitrogen and oxygen atoms in total. The number of hydrogen-bond donors (Lipinski definition) is 1. The Bertz CT molecular complexity index is 929. The molecule has 0 spiro atoms. The van der Waals surface area contributed by atoms with Gasteiger partial charge in [-0.15, -0.1) is 0 Å². The third kappa shape index (κ3) is 4.95. The van der Waals surface area contributed by atoms with Crippen molar-refractivity contribution in [3.63, 3.8) is 0 Å². The summed E-state index contributed by atoms with van der Waals surface area (Å²) in [5.74, 6) is 0.797. The summed E-state index contributed by atoms with van der Waals surface area (Å²) in [4.78, 5) is 11.7. The highest BCUT2D eigenvalue weighted by Crippen LogP contribution is 2.35. The average molecular weight is 404 g/mol. The lowest BCUT2D eigenvalue weighted by Crippen LogP contribution is -2.29. The predicted molar refractivity (Wildman–Crippen MR) is 107 cm³/mol. The highest BCUT2D eigenvalue weighted by molar-refractivity contribution is 7.92. The molecule has 3 rings (SSSR count). The zero-order valence-electron chi connectivity index (χ0n) is 15.9. The average Bonchev–Trinajstić information content (AvgIpc) is 2.93. The van der Waals surface area contributed by atoms with Gasteiger partial charge in [0, 0.05) is 6.07 Å². The minimum Gasteiger partial charge on any atom is -0.494 e. The fourth-order valence-corrected chi connectivity index (χ4v) is 3.86. The van der Waals surface area contributed by atoms with E-state index in [-0.39, 0.29) is 18.8 Å². The molecule has 0 unspecified atom stereocenters. The third-order valence-corrected chi connectivity index (χ3v) is 5.61. The standard InChI is InChI=1S/C20H24N2O5S/c1-15(2)10-11-26-17-8-9-19(27-14-16-6-4-3-5-7-16)18(12-17)22-13-20(23)21-28(22,24)25/h3-9,12,15H,10-11,13-14H2,1-2H3,(H,21,23). The Labute approximate surface area is 165 Å². The van der Waals surface area contributed by atoms with Crippen LogP contribution in [0.25, 0.3) is 0 Å². The highest BCUT2D eigenvalue weighted by atomic mass is 32.2. The number of hydrogen-bond acceptors (Lipinski definition) is 5. The number of ether oxygens (including phenoxy) is 2. The summed E-state index contributed by atoms with van der Waals surface area (Å²) in [5, 5.41) is 0. The van der Waals surface area contributed by atoms with Gasteiger partial charge in [-0.05, 0) is 30.0 Å². The van der Waals surface area contributed by atoms with Gasteiger partial charge in [-0.1, -0.05) is 44.2 Å². The number of anilines is 1. The molecule has 0 aliphatic carbocycles. The quantitative estimate of drug-likeness (QED) is 0.731. The van der Waals surface area contributed by atoms with Crippen LogP contribution in [-0.4, -0.2) is 27.5 Å². The number of carbonyl (C=O) groups excluding carboxylic acids is 1. The van der Waals surface area contributed by atoms with Crippen LogP contribution in [0.15, 0.2) is 48.5 Å². The molecule has 8 heteroatoms. The van der Waals surface area contributed by atoms with Gasteiger partial charge in [0.05, 0.1) is 12.3 Å². The number of nitrogens with zero attached hydrogens (tertiary/aromatic N) is 1. The fraction of sp³-hybridized carbons (Fsp3) is 0.350. The predicted octanol–water partition coefficient (Wildman–Crippen LogP) is 2.87. The molecule has 2 aromatic carbocycles. The van der Waals surface area contributed by atoms with E-state index in [1.165, 1.54) is 0 Å². The van der Waals surface area contributed by atoms with Crippen LogP contribution in [0.5, 0.6) is 11.5 Å². The number of nitrogens with one attached hydrogen (secondary N) is 1. The second-order valence-electron chi connectivity index (χ2n) is 6.97. The van der Waals surface area contributed by atoms with Crippen LogP contribution in [0.3, 0.4) is 0 Å². The Morgan fingerprint density at radius 3 is 2.50 bits per heavy atom. The van der Waals surface area contributed by atoms with Crippen molar-refractivity contribution in [3.05, 3.63) is 54.1 Å². The maximum absolute atomic E-state index is 12.3. The van der Waals surface area contributed by atoms with Crippen molar-refractivity contribution in [3.8, 4) is 11.5 Å². The Hall–Kier alpha value is -2.74. The van der Waals surface area contributed by atoms with Crippen LogP contribution in [0.4, 0.5) is 5.69 Å². The lowest BCUT2D eigenvalue weighted by atomic mass is 10.1. The summed E-state index contributed by atoms with van der Waals surface area (Å²) in [7, 11) is -3.95. The molecule has 1 aliphatic heterocycles. The first-order chi connectivity index (χ1) is 13.3. The molecule has 1 heterocycles. The molecule has 0 saturated carbocycles. The van der Waals surface area contributed by atoms with Crippen molar-refractivity contribution in [2.45, 2.75) is 26.9 Å². The second kappa shape index (κ2) is 8.52. The molecule has 1 aliphatic rings. The lowest BCUT2D eigenvalue weighted by Gasteiger charge is -2.20. The first-order valence-corrected chi connectivity index (χ1v) is 10.6. The molecule has 0 aromatic heterocycles. The van der Waals surface area contributed by atoms with Crippen LogP contribution in [0.2, 0.25) is 0 Å². The minimum atomic E-state index is -3.95. The van der Waals surface area contributed by atoms with Gasteiger partial charge in [0.2, 0.25) is 0 Å². The van der Waals surface area contributed by atoms with E-state index in [0.717, 1.165) is 16.3 Å². The van der Waals surface area contributed by atoms with Gasteiger partial charge in [0.15, 0.2) is 0 Å². The van der Waals surface area contributed by atoms with Crippen LogP contribution < -0.4 is 18.5 Å². The van der Waals surface area contributed by atoms with Gasteiger partial charge in [-0.3, -0.25) is 4.79 Å². The summed E-state index contributed by atoms with van der Waals surface area (Å²) in [6.07, 6.45) is 0.879. The van der Waals surface area contributed by atoms with Crippen LogP contribution in [-0.2, 0) is 21.6 Å². The summed E-state index contributed by atoms with van der Waals surface area (Å²) >= 11 is 0. The summed E-state index contributed by atoms with van der Waals surface area (Å²) < 4.78 is 39.2. The summed E-state index contributed by atoms with van der Waals surface area (Å²) in [6, 6.07) is 14.5. The van der Waals surface area contributed by atoms with E-state index >= 15 is 0 Å². The van der Waals surface area contributed by atoms with Crippen molar-refractivity contribution < 1.29 is 22.7 Å². The molecular formula is C20H24N2O5S. The first-order valence-electron chi connectivity index (χ1n) is 9.12. The SMILES string of the molecule is CC(C)CCOc1ccc(OCc2ccccc2)c(N2CC(=O)NS2(=O)=O)c1. The molecular weight excluding hydrogens is 380 g/mol. The van der Waals surface area contributed by atoms with E-state index in [1.54, 1.807) is 18.2 Å². The van der Waals surface area contributed by atoms with E-state index in [4.69, 9.17) is 9.47 Å². The molecule has 1 saturated heterocycles. The Balaban J connectivity index is 1.86. The molecule has 150 valence electrons. The second-order valence-corrected chi connectivity index (χ2v) is 8.57. The fourth-order valence-electron chi connectivity index (χ4n) is 2.71. The van der Waals surface area contributed by atoms with E-state index in [1.807, 2.05) is 35.1 Å². The van der Waals surface area contributed by atoms with E-state index in [2.05, 4.69) is 13.8 Å². The maximum atomic E-state index is 12.3. The molecule has 1 N–H and O–H groups in total. The van der Waals surface area contributed by atoms with E-state index < -0.39 is 16.1 Å². The highest BCUT2D eigenvalue weighted by Gasteiger charge is 2.36. The van der Waals surface area contributed by atoms with Gasteiger partial charge >= 0.3 is 10.2 Å². The Morgan fingerprint density at radius 2 is 1.86 bits per heavy atom. The van der Waals surface area contributed by atoms with Crippen LogP contribution in [0.1, 0.15) is 25.8 Å². The number of amides is 1. The maximum Gasteiger partial charge on any atom is 0.326 e. The van der Waals surface area contributed by atoms with Crippen LogP contribution >= 0.6 is 0 Å². The molecule has 0 radical (unpaired) electrons. The van der Waals surface area contributed by atoms with Crippen molar-refractivity contribution >= 4 is 21.8 Å². The van der Waals surface area contributed by atoms with Crippen LogP contribution in [0, 0.1) is 5.92 Å². The molecule has 0 bridgehead atoms. The third-order valence-electron chi connectivity index (χ3n) is 4.22. The lowest BCUT2D eigenvalue weighted by molar-refractivity contribution is -0.117. The van der Waals surface area contributed by atoms with Crippen molar-refractivity contribution in [2.24, 2.45) is 5.92 Å². The molecule has 1 amide bonds. The van der Waals surface area contributed by atoms with E-state index in [0.29, 0.717) is 24.0 Å². The topological polar surface area (TPSA) is 84.9 Å². The Morgan fingerprint density at radius 1 is 1.11 bits per heavy atom. The van der Waals surface area contributed by atoms with Crippen molar-refractivity contribution in [2.75, 3.05) is 17.5 Å².